The molecule has 8 heteroatoms. The average molecular weight is 416 g/mol. The summed E-state index contributed by atoms with van der Waals surface area (Å²) in [6.45, 7) is 1.64. The Morgan fingerprint density at radius 3 is 2.29 bits per heavy atom. The van der Waals surface area contributed by atoms with Crippen molar-refractivity contribution < 1.29 is 14.5 Å². The van der Waals surface area contributed by atoms with Crippen molar-refractivity contribution in [2.45, 2.75) is 6.92 Å². The van der Waals surface area contributed by atoms with Gasteiger partial charge in [0.2, 0.25) is 0 Å². The molecule has 0 spiro atoms. The van der Waals surface area contributed by atoms with Gasteiger partial charge < -0.3 is 0 Å². The van der Waals surface area contributed by atoms with Gasteiger partial charge in [0.15, 0.2) is 0 Å². The number of hydrazone groups is 1. The highest BCUT2D eigenvalue weighted by Gasteiger charge is 2.21. The van der Waals surface area contributed by atoms with Crippen molar-refractivity contribution in [2.75, 3.05) is 11.4 Å². The summed E-state index contributed by atoms with van der Waals surface area (Å²) in [5.74, 6) is -0.782. The smallest absolute Gasteiger partial charge is 0.269 e. The molecule has 8 nitrogen and oxygen atoms in total. The molecule has 0 aliphatic carbocycles. The van der Waals surface area contributed by atoms with Crippen LogP contribution >= 0.6 is 0 Å². The number of benzene rings is 3. The molecule has 2 amide bonds. The van der Waals surface area contributed by atoms with Gasteiger partial charge in [-0.1, -0.05) is 36.4 Å². The van der Waals surface area contributed by atoms with Crippen molar-refractivity contribution in [1.29, 1.82) is 0 Å². The molecule has 3 rings (SSSR count). The molecule has 0 saturated carbocycles. The summed E-state index contributed by atoms with van der Waals surface area (Å²) >= 11 is 0. The third-order valence-corrected chi connectivity index (χ3v) is 4.48. The van der Waals surface area contributed by atoms with E-state index >= 15 is 0 Å². The van der Waals surface area contributed by atoms with E-state index in [-0.39, 0.29) is 18.1 Å². The van der Waals surface area contributed by atoms with Crippen molar-refractivity contribution in [3.63, 3.8) is 0 Å². The van der Waals surface area contributed by atoms with Crippen molar-refractivity contribution in [3.8, 4) is 0 Å². The third kappa shape index (κ3) is 5.60. The van der Waals surface area contributed by atoms with E-state index < -0.39 is 10.8 Å². The number of hydrogen-bond donors (Lipinski definition) is 1. The normalized spacial score (nSPS) is 10.6. The summed E-state index contributed by atoms with van der Waals surface area (Å²) in [6, 6.07) is 21.8. The molecule has 31 heavy (non-hydrogen) atoms. The molecular weight excluding hydrogens is 396 g/mol. The van der Waals surface area contributed by atoms with E-state index in [1.54, 1.807) is 36.4 Å². The number of carbonyl (C=O) groups excluding carboxylic acids is 2. The number of aryl methyl sites for hydroxylation is 1. The molecule has 0 aromatic heterocycles. The number of amides is 2. The lowest BCUT2D eigenvalue weighted by atomic mass is 10.1. The fourth-order valence-corrected chi connectivity index (χ4v) is 2.91. The minimum atomic E-state index is -0.493. The van der Waals surface area contributed by atoms with E-state index in [1.165, 1.54) is 35.4 Å². The van der Waals surface area contributed by atoms with Crippen LogP contribution in [0.4, 0.5) is 11.4 Å². The van der Waals surface area contributed by atoms with E-state index in [1.807, 2.05) is 25.1 Å². The zero-order valence-electron chi connectivity index (χ0n) is 16.8. The van der Waals surface area contributed by atoms with Gasteiger partial charge in [0, 0.05) is 23.4 Å². The van der Waals surface area contributed by atoms with Crippen molar-refractivity contribution in [1.82, 2.24) is 5.43 Å². The minimum Gasteiger partial charge on any atom is -0.299 e. The molecule has 1 N–H and O–H groups in total. The zero-order valence-corrected chi connectivity index (χ0v) is 16.8. The highest BCUT2D eigenvalue weighted by molar-refractivity contribution is 6.09. The Hall–Kier alpha value is -4.33. The maximum absolute atomic E-state index is 13.1. The SMILES string of the molecule is Cc1ccccc1N(CC(=O)NN=Cc1ccc([N+](=O)[O-])cc1)C(=O)c1ccccc1. The van der Waals surface area contributed by atoms with Crippen molar-refractivity contribution in [2.24, 2.45) is 5.10 Å². The minimum absolute atomic E-state index is 0.0329. The lowest BCUT2D eigenvalue weighted by Gasteiger charge is -2.23. The van der Waals surface area contributed by atoms with Gasteiger partial charge in [0.05, 0.1) is 11.1 Å². The van der Waals surface area contributed by atoms with Crippen LogP contribution in [0.3, 0.4) is 0 Å². The highest BCUT2D eigenvalue weighted by atomic mass is 16.6. The van der Waals surface area contributed by atoms with Crippen molar-refractivity contribution >= 4 is 29.4 Å². The molecule has 0 saturated heterocycles. The fourth-order valence-electron chi connectivity index (χ4n) is 2.91. The number of nitrogens with zero attached hydrogens (tertiary/aromatic N) is 3. The van der Waals surface area contributed by atoms with E-state index in [9.17, 15) is 19.7 Å². The number of non-ortho nitro benzene ring substituents is 1. The molecule has 3 aromatic carbocycles. The highest BCUT2D eigenvalue weighted by Crippen LogP contribution is 2.21. The first kappa shape index (κ1) is 21.4. The number of rotatable bonds is 7. The van der Waals surface area contributed by atoms with Crippen LogP contribution < -0.4 is 10.3 Å². The van der Waals surface area contributed by atoms with E-state index in [0.717, 1.165) is 5.56 Å². The van der Waals surface area contributed by atoms with Crippen LogP contribution in [0.5, 0.6) is 0 Å². The van der Waals surface area contributed by atoms with E-state index in [0.29, 0.717) is 16.8 Å². The van der Waals surface area contributed by atoms with Gasteiger partial charge in [-0.2, -0.15) is 5.10 Å². The monoisotopic (exact) mass is 416 g/mol. The average Bonchev–Trinajstić information content (AvgIpc) is 2.78. The summed E-state index contributed by atoms with van der Waals surface area (Å²) in [5, 5.41) is 14.6. The fraction of sp³-hybridized carbons (Fsp3) is 0.0870. The second kappa shape index (κ2) is 9.93. The van der Waals surface area contributed by atoms with Gasteiger partial charge in [0.1, 0.15) is 6.54 Å². The summed E-state index contributed by atoms with van der Waals surface area (Å²) < 4.78 is 0. The molecule has 156 valence electrons. The summed E-state index contributed by atoms with van der Waals surface area (Å²) in [4.78, 5) is 37.2. The van der Waals surface area contributed by atoms with Gasteiger partial charge in [-0.15, -0.1) is 0 Å². The Morgan fingerprint density at radius 1 is 1.00 bits per heavy atom. The molecule has 0 radical (unpaired) electrons. The Labute approximate surface area is 179 Å². The zero-order chi connectivity index (χ0) is 22.2. The van der Waals surface area contributed by atoms with Crippen LogP contribution in [0.2, 0.25) is 0 Å². The molecule has 0 bridgehead atoms. The summed E-state index contributed by atoms with van der Waals surface area (Å²) in [7, 11) is 0. The Kier molecular flexibility index (Phi) is 6.85. The second-order valence-corrected chi connectivity index (χ2v) is 6.69. The quantitative estimate of drug-likeness (QED) is 0.360. The lowest BCUT2D eigenvalue weighted by Crippen LogP contribution is -2.40. The Bertz CT molecular complexity index is 1110. The molecule has 0 aliphatic heterocycles. The van der Waals surface area contributed by atoms with E-state index in [4.69, 9.17) is 0 Å². The van der Waals surface area contributed by atoms with Crippen LogP contribution in [0.25, 0.3) is 0 Å². The first-order chi connectivity index (χ1) is 15.0. The lowest BCUT2D eigenvalue weighted by molar-refractivity contribution is -0.384. The van der Waals surface area contributed by atoms with Crippen molar-refractivity contribution in [3.05, 3.63) is 106 Å². The molecule has 0 unspecified atom stereocenters. The van der Waals surface area contributed by atoms with Crippen LogP contribution in [-0.4, -0.2) is 29.5 Å². The largest absolute Gasteiger partial charge is 0.299 e. The van der Waals surface area contributed by atoms with Crippen LogP contribution in [-0.2, 0) is 4.79 Å². The number of para-hydroxylation sites is 1. The predicted octanol–water partition coefficient (Wildman–Crippen LogP) is 3.70. The van der Waals surface area contributed by atoms with Gasteiger partial charge >= 0.3 is 0 Å². The molecule has 0 heterocycles. The van der Waals surface area contributed by atoms with Gasteiger partial charge in [-0.3, -0.25) is 24.6 Å². The van der Waals surface area contributed by atoms with Gasteiger partial charge in [0.25, 0.3) is 17.5 Å². The van der Waals surface area contributed by atoms with E-state index in [2.05, 4.69) is 10.5 Å². The first-order valence-corrected chi connectivity index (χ1v) is 9.44. The van der Waals surface area contributed by atoms with Gasteiger partial charge in [-0.25, -0.2) is 5.43 Å². The molecule has 0 fully saturated rings. The summed E-state index contributed by atoms with van der Waals surface area (Å²) in [5.41, 5.74) is 4.90. The maximum Gasteiger partial charge on any atom is 0.269 e. The van der Waals surface area contributed by atoms with Crippen LogP contribution in [0.1, 0.15) is 21.5 Å². The molecule has 0 aliphatic rings. The number of nitro groups is 1. The third-order valence-electron chi connectivity index (χ3n) is 4.48. The Morgan fingerprint density at radius 2 is 1.65 bits per heavy atom. The topological polar surface area (TPSA) is 105 Å². The molecular formula is C23H20N4O4. The molecule has 3 aromatic rings. The van der Waals surface area contributed by atoms with Crippen LogP contribution in [0, 0.1) is 17.0 Å². The summed E-state index contributed by atoms with van der Waals surface area (Å²) in [6.07, 6.45) is 1.37. The standard InChI is InChI=1S/C23H20N4O4/c1-17-7-5-6-10-21(17)26(23(29)19-8-3-2-4-9-19)16-22(28)25-24-15-18-11-13-20(14-12-18)27(30)31/h2-15H,16H2,1H3,(H,25,28). The first-order valence-electron chi connectivity index (χ1n) is 9.44. The van der Waals surface area contributed by atoms with Gasteiger partial charge in [-0.05, 0) is 48.4 Å². The number of nitro benzene ring substituents is 1. The van der Waals surface area contributed by atoms with Crippen LogP contribution in [0.15, 0.2) is 84.0 Å². The maximum atomic E-state index is 13.1. The number of nitrogens with one attached hydrogen (secondary N) is 1. The number of anilines is 1. The predicted molar refractivity (Wildman–Crippen MR) is 118 cm³/mol. The number of carbonyl (C=O) groups is 2. The second-order valence-electron chi connectivity index (χ2n) is 6.69. The number of hydrogen-bond acceptors (Lipinski definition) is 5. The Balaban J connectivity index is 1.73. The molecule has 0 atom stereocenters.